The number of nitrogens with zero attached hydrogens (tertiary/aromatic N) is 4. The topological polar surface area (TPSA) is 86.8 Å². The van der Waals surface area contributed by atoms with Crippen molar-refractivity contribution in [2.45, 2.75) is 38.5 Å². The summed E-state index contributed by atoms with van der Waals surface area (Å²) in [5.41, 5.74) is 2.12. The van der Waals surface area contributed by atoms with Crippen LogP contribution < -0.4 is 10.2 Å². The first-order chi connectivity index (χ1) is 14.3. The zero-order valence-electron chi connectivity index (χ0n) is 16.7. The summed E-state index contributed by atoms with van der Waals surface area (Å²) in [5.74, 6) is 1.93. The molecule has 0 radical (unpaired) electrons. The van der Waals surface area contributed by atoms with Crippen molar-refractivity contribution >= 4 is 22.9 Å². The summed E-state index contributed by atoms with van der Waals surface area (Å²) in [5, 5.41) is 3.11. The number of fused-ring (bicyclic) bond motifs is 1. The van der Waals surface area contributed by atoms with Crippen LogP contribution in [0.15, 0.2) is 42.7 Å². The highest BCUT2D eigenvalue weighted by molar-refractivity contribution is 5.79. The van der Waals surface area contributed by atoms with Crippen LogP contribution in [0.2, 0.25) is 0 Å². The summed E-state index contributed by atoms with van der Waals surface area (Å²) in [6.07, 6.45) is 9.50. The molecule has 7 nitrogen and oxygen atoms in total. The van der Waals surface area contributed by atoms with Gasteiger partial charge in [0.2, 0.25) is 11.9 Å². The standard InChI is InChI=1S/C22H28N6O/c29-21(17-8-6-15-28(16-17)22-24-13-7-14-25-22)23-12-5-1-2-11-20-26-18-9-3-4-10-19(18)27-20/h3-4,7,9-10,13-14,17H,1-2,5-6,8,11-12,15-16H2,(H,23,29)(H,26,27). The second-order valence-corrected chi connectivity index (χ2v) is 7.64. The second kappa shape index (κ2) is 9.49. The van der Waals surface area contributed by atoms with Crippen molar-refractivity contribution in [2.24, 2.45) is 5.92 Å². The van der Waals surface area contributed by atoms with Gasteiger partial charge in [-0.1, -0.05) is 18.6 Å². The zero-order chi connectivity index (χ0) is 19.9. The predicted octanol–water partition coefficient (Wildman–Crippen LogP) is 3.10. The lowest BCUT2D eigenvalue weighted by Crippen LogP contribution is -2.43. The molecule has 152 valence electrons. The van der Waals surface area contributed by atoms with Gasteiger partial charge in [0.1, 0.15) is 5.82 Å². The van der Waals surface area contributed by atoms with Gasteiger partial charge in [-0.15, -0.1) is 0 Å². The van der Waals surface area contributed by atoms with Crippen molar-refractivity contribution in [2.75, 3.05) is 24.5 Å². The average molecular weight is 393 g/mol. The molecule has 1 aliphatic heterocycles. The Labute approximate surface area is 171 Å². The number of carbonyl (C=O) groups is 1. The van der Waals surface area contributed by atoms with E-state index >= 15 is 0 Å². The number of hydrogen-bond acceptors (Lipinski definition) is 5. The number of anilines is 1. The lowest BCUT2D eigenvalue weighted by atomic mass is 9.97. The van der Waals surface area contributed by atoms with Gasteiger partial charge in [-0.2, -0.15) is 0 Å². The van der Waals surface area contributed by atoms with Crippen LogP contribution in [0.25, 0.3) is 11.0 Å². The van der Waals surface area contributed by atoms with Crippen molar-refractivity contribution in [3.63, 3.8) is 0 Å². The number of carbonyl (C=O) groups excluding carboxylic acids is 1. The van der Waals surface area contributed by atoms with E-state index in [2.05, 4.69) is 36.2 Å². The number of piperidine rings is 1. The maximum Gasteiger partial charge on any atom is 0.225 e. The van der Waals surface area contributed by atoms with Gasteiger partial charge in [0.25, 0.3) is 0 Å². The molecular weight excluding hydrogens is 364 g/mol. The fraction of sp³-hybridized carbons (Fsp3) is 0.455. The molecule has 0 spiro atoms. The summed E-state index contributed by atoms with van der Waals surface area (Å²) < 4.78 is 0. The van der Waals surface area contributed by atoms with Crippen LogP contribution in [0.4, 0.5) is 5.95 Å². The van der Waals surface area contributed by atoms with E-state index in [0.717, 1.165) is 74.4 Å². The molecule has 1 amide bonds. The fourth-order valence-corrected chi connectivity index (χ4v) is 3.90. The number of aromatic nitrogens is 4. The molecule has 4 rings (SSSR count). The fourth-order valence-electron chi connectivity index (χ4n) is 3.90. The molecule has 0 bridgehead atoms. The van der Waals surface area contributed by atoms with Gasteiger partial charge in [0.15, 0.2) is 0 Å². The number of para-hydroxylation sites is 2. The molecule has 1 aliphatic rings. The molecular formula is C22H28N6O. The molecule has 3 aromatic rings. The monoisotopic (exact) mass is 392 g/mol. The van der Waals surface area contributed by atoms with Gasteiger partial charge in [-0.05, 0) is 43.9 Å². The van der Waals surface area contributed by atoms with Gasteiger partial charge in [0, 0.05) is 38.4 Å². The molecule has 1 fully saturated rings. The molecule has 1 aromatic carbocycles. The zero-order valence-corrected chi connectivity index (χ0v) is 16.7. The number of aromatic amines is 1. The van der Waals surface area contributed by atoms with Crippen molar-refractivity contribution in [1.82, 2.24) is 25.3 Å². The molecule has 1 saturated heterocycles. The Morgan fingerprint density at radius 1 is 1.14 bits per heavy atom. The Morgan fingerprint density at radius 2 is 2.00 bits per heavy atom. The first-order valence-electron chi connectivity index (χ1n) is 10.5. The quantitative estimate of drug-likeness (QED) is 0.575. The number of rotatable bonds is 8. The van der Waals surface area contributed by atoms with Crippen LogP contribution in [-0.4, -0.2) is 45.5 Å². The summed E-state index contributed by atoms with van der Waals surface area (Å²) in [6, 6.07) is 9.92. The van der Waals surface area contributed by atoms with E-state index < -0.39 is 0 Å². The molecule has 2 aromatic heterocycles. The van der Waals surface area contributed by atoms with Gasteiger partial charge in [-0.25, -0.2) is 15.0 Å². The smallest absolute Gasteiger partial charge is 0.225 e. The van der Waals surface area contributed by atoms with E-state index in [4.69, 9.17) is 0 Å². The molecule has 1 unspecified atom stereocenters. The second-order valence-electron chi connectivity index (χ2n) is 7.64. The predicted molar refractivity (Wildman–Crippen MR) is 114 cm³/mol. The number of hydrogen-bond donors (Lipinski definition) is 2. The van der Waals surface area contributed by atoms with Crippen molar-refractivity contribution < 1.29 is 4.79 Å². The van der Waals surface area contributed by atoms with Gasteiger partial charge in [-0.3, -0.25) is 4.79 Å². The van der Waals surface area contributed by atoms with E-state index in [0.29, 0.717) is 6.54 Å². The lowest BCUT2D eigenvalue weighted by Gasteiger charge is -2.31. The van der Waals surface area contributed by atoms with Gasteiger partial charge >= 0.3 is 0 Å². The van der Waals surface area contributed by atoms with Gasteiger partial charge in [0.05, 0.1) is 17.0 Å². The molecule has 1 atom stereocenters. The van der Waals surface area contributed by atoms with Crippen LogP contribution in [0.3, 0.4) is 0 Å². The number of imidazole rings is 1. The summed E-state index contributed by atoms with van der Waals surface area (Å²) in [7, 11) is 0. The molecule has 29 heavy (non-hydrogen) atoms. The molecule has 7 heteroatoms. The van der Waals surface area contributed by atoms with Gasteiger partial charge < -0.3 is 15.2 Å². The number of H-pyrrole nitrogens is 1. The summed E-state index contributed by atoms with van der Waals surface area (Å²) in [6.45, 7) is 2.34. The van der Waals surface area contributed by atoms with E-state index in [1.807, 2.05) is 24.3 Å². The third-order valence-electron chi connectivity index (χ3n) is 5.46. The number of nitrogens with one attached hydrogen (secondary N) is 2. The Morgan fingerprint density at radius 3 is 2.86 bits per heavy atom. The molecule has 2 N–H and O–H groups in total. The van der Waals surface area contributed by atoms with E-state index in [9.17, 15) is 4.79 Å². The lowest BCUT2D eigenvalue weighted by molar-refractivity contribution is -0.125. The third kappa shape index (κ3) is 5.10. The average Bonchev–Trinajstić information content (AvgIpc) is 3.19. The first kappa shape index (κ1) is 19.4. The number of aryl methyl sites for hydroxylation is 1. The Bertz CT molecular complexity index is 892. The minimum atomic E-state index is 0.0168. The van der Waals surface area contributed by atoms with Crippen LogP contribution >= 0.6 is 0 Å². The third-order valence-corrected chi connectivity index (χ3v) is 5.46. The van der Waals surface area contributed by atoms with Crippen LogP contribution in [0.5, 0.6) is 0 Å². The Kier molecular flexibility index (Phi) is 6.34. The van der Waals surface area contributed by atoms with Crippen LogP contribution in [-0.2, 0) is 11.2 Å². The molecule has 0 aliphatic carbocycles. The highest BCUT2D eigenvalue weighted by atomic mass is 16.1. The van der Waals surface area contributed by atoms with E-state index in [-0.39, 0.29) is 11.8 Å². The largest absolute Gasteiger partial charge is 0.356 e. The minimum absolute atomic E-state index is 0.0168. The number of unbranched alkanes of at least 4 members (excludes halogenated alkanes) is 2. The first-order valence-corrected chi connectivity index (χ1v) is 10.5. The minimum Gasteiger partial charge on any atom is -0.356 e. The van der Waals surface area contributed by atoms with Crippen molar-refractivity contribution in [1.29, 1.82) is 0 Å². The SMILES string of the molecule is O=C(NCCCCCc1nc2ccccc2[nH]1)C1CCCN(c2ncccn2)C1. The number of benzene rings is 1. The maximum absolute atomic E-state index is 12.5. The summed E-state index contributed by atoms with van der Waals surface area (Å²) in [4.78, 5) is 31.2. The summed E-state index contributed by atoms with van der Waals surface area (Å²) >= 11 is 0. The highest BCUT2D eigenvalue weighted by Gasteiger charge is 2.26. The maximum atomic E-state index is 12.5. The Balaban J connectivity index is 1.14. The normalized spacial score (nSPS) is 16.8. The van der Waals surface area contributed by atoms with Crippen LogP contribution in [0, 0.1) is 5.92 Å². The van der Waals surface area contributed by atoms with Crippen molar-refractivity contribution in [3.8, 4) is 0 Å². The van der Waals surface area contributed by atoms with E-state index in [1.54, 1.807) is 12.4 Å². The van der Waals surface area contributed by atoms with Crippen LogP contribution in [0.1, 0.15) is 37.9 Å². The number of amides is 1. The van der Waals surface area contributed by atoms with Crippen molar-refractivity contribution in [3.05, 3.63) is 48.5 Å². The molecule has 0 saturated carbocycles. The Hall–Kier alpha value is -2.96. The highest BCUT2D eigenvalue weighted by Crippen LogP contribution is 2.20. The molecule has 3 heterocycles. The van der Waals surface area contributed by atoms with E-state index in [1.165, 1.54) is 0 Å².